The van der Waals surface area contributed by atoms with Crippen LogP contribution in [0.4, 0.5) is 8.78 Å². The van der Waals surface area contributed by atoms with Gasteiger partial charge in [0, 0.05) is 30.9 Å². The molecule has 6 heteroatoms. The lowest BCUT2D eigenvalue weighted by atomic mass is 10.1. The Morgan fingerprint density at radius 3 is 2.80 bits per heavy atom. The van der Waals surface area contributed by atoms with E-state index in [2.05, 4.69) is 15.3 Å². The molecule has 106 valence electrons. The Balaban J connectivity index is 1.90. The van der Waals surface area contributed by atoms with E-state index in [4.69, 9.17) is 0 Å². The van der Waals surface area contributed by atoms with Crippen LogP contribution in [0.1, 0.15) is 23.2 Å². The number of hydrogen-bond acceptors (Lipinski definition) is 4. The number of nitrogens with one attached hydrogen (secondary N) is 1. The van der Waals surface area contributed by atoms with Crippen LogP contribution in [0.25, 0.3) is 0 Å². The van der Waals surface area contributed by atoms with Crippen molar-refractivity contribution < 1.29 is 13.9 Å². The zero-order valence-electron chi connectivity index (χ0n) is 11.0. The molecular formula is C14H15F2N3O. The first-order valence-corrected chi connectivity index (χ1v) is 6.18. The van der Waals surface area contributed by atoms with Crippen molar-refractivity contribution in [2.24, 2.45) is 0 Å². The van der Waals surface area contributed by atoms with Crippen LogP contribution in [-0.2, 0) is 6.54 Å². The van der Waals surface area contributed by atoms with Crippen LogP contribution in [0.15, 0.2) is 30.5 Å². The molecule has 0 aliphatic rings. The van der Waals surface area contributed by atoms with Crippen molar-refractivity contribution in [2.75, 3.05) is 6.54 Å². The third-order valence-electron chi connectivity index (χ3n) is 2.80. The molecule has 2 N–H and O–H groups in total. The molecule has 0 spiro atoms. The van der Waals surface area contributed by atoms with Gasteiger partial charge in [0.15, 0.2) is 0 Å². The van der Waals surface area contributed by atoms with Gasteiger partial charge in [-0.1, -0.05) is 6.07 Å². The number of aliphatic hydroxyl groups excluding tert-OH is 1. The smallest absolute Gasteiger partial charge is 0.131 e. The molecule has 0 amide bonds. The number of halogens is 2. The maximum absolute atomic E-state index is 13.5. The Morgan fingerprint density at radius 1 is 1.30 bits per heavy atom. The van der Waals surface area contributed by atoms with Crippen LogP contribution in [0.5, 0.6) is 0 Å². The quantitative estimate of drug-likeness (QED) is 0.877. The zero-order chi connectivity index (χ0) is 14.5. The highest BCUT2D eigenvalue weighted by Gasteiger charge is 2.13. The summed E-state index contributed by atoms with van der Waals surface area (Å²) < 4.78 is 26.2. The fourth-order valence-electron chi connectivity index (χ4n) is 1.82. The Bertz CT molecular complexity index is 592. The largest absolute Gasteiger partial charge is 0.387 e. The standard InChI is InChI=1S/C14H15F2N3O/c1-9-18-5-4-11(19-9)7-17-8-14(20)12-3-2-10(15)6-13(12)16/h2-6,14,17,20H,7-8H2,1H3. The average Bonchev–Trinajstić information content (AvgIpc) is 2.38. The first-order chi connectivity index (χ1) is 9.56. The van der Waals surface area contributed by atoms with Crippen LogP contribution in [0, 0.1) is 18.6 Å². The molecule has 0 aliphatic carbocycles. The van der Waals surface area contributed by atoms with Gasteiger partial charge in [0.05, 0.1) is 11.8 Å². The molecule has 0 saturated carbocycles. The van der Waals surface area contributed by atoms with Gasteiger partial charge in [-0.3, -0.25) is 0 Å². The third kappa shape index (κ3) is 3.79. The number of nitrogens with zero attached hydrogens (tertiary/aromatic N) is 2. The molecule has 2 aromatic rings. The predicted molar refractivity (Wildman–Crippen MR) is 69.8 cm³/mol. The maximum Gasteiger partial charge on any atom is 0.131 e. The number of aryl methyl sites for hydroxylation is 1. The molecule has 1 atom stereocenters. The first kappa shape index (κ1) is 14.5. The lowest BCUT2D eigenvalue weighted by Crippen LogP contribution is -2.22. The van der Waals surface area contributed by atoms with E-state index < -0.39 is 17.7 Å². The van der Waals surface area contributed by atoms with E-state index in [-0.39, 0.29) is 12.1 Å². The lowest BCUT2D eigenvalue weighted by Gasteiger charge is -2.13. The highest BCUT2D eigenvalue weighted by atomic mass is 19.1. The van der Waals surface area contributed by atoms with E-state index in [1.54, 1.807) is 19.2 Å². The normalized spacial score (nSPS) is 12.4. The van der Waals surface area contributed by atoms with Crippen molar-refractivity contribution in [3.63, 3.8) is 0 Å². The van der Waals surface area contributed by atoms with Gasteiger partial charge in [0.25, 0.3) is 0 Å². The maximum atomic E-state index is 13.5. The van der Waals surface area contributed by atoms with E-state index in [0.29, 0.717) is 12.4 Å². The van der Waals surface area contributed by atoms with E-state index in [1.165, 1.54) is 6.07 Å². The van der Waals surface area contributed by atoms with Gasteiger partial charge < -0.3 is 10.4 Å². The molecule has 1 heterocycles. The van der Waals surface area contributed by atoms with Crippen molar-refractivity contribution in [1.29, 1.82) is 0 Å². The highest BCUT2D eigenvalue weighted by Crippen LogP contribution is 2.17. The van der Waals surface area contributed by atoms with Crippen molar-refractivity contribution in [2.45, 2.75) is 19.6 Å². The molecule has 0 bridgehead atoms. The summed E-state index contributed by atoms with van der Waals surface area (Å²) in [6, 6.07) is 4.87. The van der Waals surface area contributed by atoms with Crippen molar-refractivity contribution in [1.82, 2.24) is 15.3 Å². The summed E-state index contributed by atoms with van der Waals surface area (Å²) in [5, 5.41) is 12.8. The van der Waals surface area contributed by atoms with Gasteiger partial charge in [0.1, 0.15) is 17.5 Å². The monoisotopic (exact) mass is 279 g/mol. The van der Waals surface area contributed by atoms with Crippen LogP contribution in [0.2, 0.25) is 0 Å². The Kier molecular flexibility index (Phi) is 4.70. The molecule has 2 rings (SSSR count). The van der Waals surface area contributed by atoms with Crippen LogP contribution in [0.3, 0.4) is 0 Å². The molecule has 0 aliphatic heterocycles. The van der Waals surface area contributed by atoms with Gasteiger partial charge in [-0.05, 0) is 19.1 Å². The number of aliphatic hydroxyl groups is 1. The minimum Gasteiger partial charge on any atom is -0.387 e. The van der Waals surface area contributed by atoms with Gasteiger partial charge in [-0.15, -0.1) is 0 Å². The number of rotatable bonds is 5. The number of benzene rings is 1. The summed E-state index contributed by atoms with van der Waals surface area (Å²) in [6.07, 6.45) is 0.605. The number of hydrogen-bond donors (Lipinski definition) is 2. The van der Waals surface area contributed by atoms with Gasteiger partial charge in [-0.25, -0.2) is 18.7 Å². The van der Waals surface area contributed by atoms with Crippen LogP contribution < -0.4 is 5.32 Å². The molecular weight excluding hydrogens is 264 g/mol. The van der Waals surface area contributed by atoms with E-state index in [0.717, 1.165) is 17.8 Å². The fourth-order valence-corrected chi connectivity index (χ4v) is 1.82. The van der Waals surface area contributed by atoms with Crippen LogP contribution in [-0.4, -0.2) is 21.6 Å². The first-order valence-electron chi connectivity index (χ1n) is 6.18. The second kappa shape index (κ2) is 6.49. The lowest BCUT2D eigenvalue weighted by molar-refractivity contribution is 0.169. The van der Waals surface area contributed by atoms with Crippen molar-refractivity contribution in [3.05, 3.63) is 59.2 Å². The topological polar surface area (TPSA) is 58.0 Å². The SMILES string of the molecule is Cc1nccc(CNCC(O)c2ccc(F)cc2F)n1. The summed E-state index contributed by atoms with van der Waals surface area (Å²) in [6.45, 7) is 2.36. The molecule has 0 fully saturated rings. The van der Waals surface area contributed by atoms with E-state index in [1.807, 2.05) is 0 Å². The second-order valence-electron chi connectivity index (χ2n) is 4.41. The van der Waals surface area contributed by atoms with Crippen LogP contribution >= 0.6 is 0 Å². The van der Waals surface area contributed by atoms with E-state index >= 15 is 0 Å². The Morgan fingerprint density at radius 2 is 2.10 bits per heavy atom. The summed E-state index contributed by atoms with van der Waals surface area (Å²) >= 11 is 0. The van der Waals surface area contributed by atoms with Crippen molar-refractivity contribution >= 4 is 0 Å². The summed E-state index contributed by atoms with van der Waals surface area (Å²) in [4.78, 5) is 8.17. The molecule has 1 unspecified atom stereocenters. The minimum atomic E-state index is -1.04. The van der Waals surface area contributed by atoms with E-state index in [9.17, 15) is 13.9 Å². The zero-order valence-corrected chi connectivity index (χ0v) is 11.0. The molecule has 1 aromatic carbocycles. The summed E-state index contributed by atoms with van der Waals surface area (Å²) in [7, 11) is 0. The molecule has 20 heavy (non-hydrogen) atoms. The second-order valence-corrected chi connectivity index (χ2v) is 4.41. The number of aromatic nitrogens is 2. The Hall–Kier alpha value is -1.92. The third-order valence-corrected chi connectivity index (χ3v) is 2.80. The molecule has 0 saturated heterocycles. The highest BCUT2D eigenvalue weighted by molar-refractivity contribution is 5.21. The molecule has 1 aromatic heterocycles. The van der Waals surface area contributed by atoms with Gasteiger partial charge in [-0.2, -0.15) is 0 Å². The van der Waals surface area contributed by atoms with Gasteiger partial charge >= 0.3 is 0 Å². The van der Waals surface area contributed by atoms with Gasteiger partial charge in [0.2, 0.25) is 0 Å². The molecule has 4 nitrogen and oxygen atoms in total. The summed E-state index contributed by atoms with van der Waals surface area (Å²) in [5.74, 6) is -0.755. The average molecular weight is 279 g/mol. The fraction of sp³-hybridized carbons (Fsp3) is 0.286. The summed E-state index contributed by atoms with van der Waals surface area (Å²) in [5.41, 5.74) is 0.849. The predicted octanol–water partition coefficient (Wildman–Crippen LogP) is 1.89. The minimum absolute atomic E-state index is 0.0674. The molecule has 0 radical (unpaired) electrons. The van der Waals surface area contributed by atoms with Crippen molar-refractivity contribution in [3.8, 4) is 0 Å². The Labute approximate surface area is 115 Å².